The second kappa shape index (κ2) is 6.58. The Kier molecular flexibility index (Phi) is 4.22. The lowest BCUT2D eigenvalue weighted by Gasteiger charge is -2.39. The number of H-pyrrole nitrogens is 1. The molecule has 0 unspecified atom stereocenters. The summed E-state index contributed by atoms with van der Waals surface area (Å²) in [7, 11) is 0. The van der Waals surface area contributed by atoms with Crippen molar-refractivity contribution in [3.05, 3.63) is 71.4 Å². The molecule has 27 heavy (non-hydrogen) atoms. The first-order valence-corrected chi connectivity index (χ1v) is 9.18. The minimum atomic E-state index is -0.923. The third-order valence-corrected chi connectivity index (χ3v) is 5.75. The smallest absolute Gasteiger partial charge is 0.314 e. The number of aromatic amines is 1. The van der Waals surface area contributed by atoms with Crippen molar-refractivity contribution in [1.82, 2.24) is 9.88 Å². The van der Waals surface area contributed by atoms with Crippen molar-refractivity contribution in [3.8, 4) is 0 Å². The maximum absolute atomic E-state index is 13.2. The highest BCUT2D eigenvalue weighted by Crippen LogP contribution is 2.37. The number of hydrogen-bond acceptors (Lipinski definition) is 2. The molecular weight excluding hydrogens is 340 g/mol. The first-order chi connectivity index (χ1) is 13.0. The van der Waals surface area contributed by atoms with E-state index in [2.05, 4.69) is 4.98 Å². The number of carbonyl (C=O) groups excluding carboxylic acids is 1. The molecule has 1 aliphatic rings. The van der Waals surface area contributed by atoms with Gasteiger partial charge in [0.15, 0.2) is 0 Å². The van der Waals surface area contributed by atoms with Crippen LogP contribution in [0, 0.1) is 6.92 Å². The first-order valence-electron chi connectivity index (χ1n) is 9.18. The standard InChI is InChI=1S/C22H22N2O3/c1-15-19(17-9-5-6-10-18(17)23-15)20(25)24-13-11-22(12-14-24,21(26)27)16-7-3-2-4-8-16/h2-10,23H,11-14H2,1H3,(H,26,27). The van der Waals surface area contributed by atoms with Gasteiger partial charge >= 0.3 is 5.97 Å². The fraction of sp³-hybridized carbons (Fsp3) is 0.273. The van der Waals surface area contributed by atoms with E-state index in [0.29, 0.717) is 31.5 Å². The van der Waals surface area contributed by atoms with E-state index in [1.807, 2.05) is 61.5 Å². The molecule has 0 spiro atoms. The van der Waals surface area contributed by atoms with Gasteiger partial charge in [0.2, 0.25) is 0 Å². The number of piperidine rings is 1. The van der Waals surface area contributed by atoms with Crippen molar-refractivity contribution in [3.63, 3.8) is 0 Å². The molecule has 1 saturated heterocycles. The number of fused-ring (bicyclic) bond motifs is 1. The molecule has 2 N–H and O–H groups in total. The number of aryl methyl sites for hydroxylation is 1. The molecule has 5 heteroatoms. The van der Waals surface area contributed by atoms with Crippen LogP contribution >= 0.6 is 0 Å². The Balaban J connectivity index is 1.61. The molecular formula is C22H22N2O3. The van der Waals surface area contributed by atoms with E-state index in [0.717, 1.165) is 22.2 Å². The van der Waals surface area contributed by atoms with E-state index < -0.39 is 11.4 Å². The molecule has 0 atom stereocenters. The van der Waals surface area contributed by atoms with Crippen molar-refractivity contribution < 1.29 is 14.7 Å². The highest BCUT2D eigenvalue weighted by molar-refractivity contribution is 6.08. The van der Waals surface area contributed by atoms with Gasteiger partial charge < -0.3 is 15.0 Å². The van der Waals surface area contributed by atoms with E-state index in [1.165, 1.54) is 0 Å². The Morgan fingerprint density at radius 2 is 1.63 bits per heavy atom. The Bertz CT molecular complexity index is 999. The molecule has 2 heterocycles. The van der Waals surface area contributed by atoms with Crippen LogP contribution in [0.15, 0.2) is 54.6 Å². The van der Waals surface area contributed by atoms with Crippen molar-refractivity contribution in [2.75, 3.05) is 13.1 Å². The van der Waals surface area contributed by atoms with Gasteiger partial charge in [-0.15, -0.1) is 0 Å². The van der Waals surface area contributed by atoms with Gasteiger partial charge in [-0.25, -0.2) is 0 Å². The summed E-state index contributed by atoms with van der Waals surface area (Å²) in [6, 6.07) is 17.1. The van der Waals surface area contributed by atoms with Gasteiger partial charge in [-0.3, -0.25) is 9.59 Å². The lowest BCUT2D eigenvalue weighted by molar-refractivity contribution is -0.145. The Morgan fingerprint density at radius 1 is 1.00 bits per heavy atom. The molecule has 1 aliphatic heterocycles. The predicted molar refractivity (Wildman–Crippen MR) is 104 cm³/mol. The van der Waals surface area contributed by atoms with Gasteiger partial charge in [0.1, 0.15) is 0 Å². The van der Waals surface area contributed by atoms with Gasteiger partial charge in [-0.05, 0) is 31.4 Å². The Labute approximate surface area is 157 Å². The summed E-state index contributed by atoms with van der Waals surface area (Å²) in [5.74, 6) is -0.846. The second-order valence-corrected chi connectivity index (χ2v) is 7.22. The SMILES string of the molecule is Cc1[nH]c2ccccc2c1C(=O)N1CCC(C(=O)O)(c2ccccc2)CC1. The number of nitrogens with one attached hydrogen (secondary N) is 1. The minimum absolute atomic E-state index is 0.0306. The third kappa shape index (κ3) is 2.79. The molecule has 0 bridgehead atoms. The number of hydrogen-bond donors (Lipinski definition) is 2. The second-order valence-electron chi connectivity index (χ2n) is 7.22. The average Bonchev–Trinajstić information content (AvgIpc) is 3.03. The number of carbonyl (C=O) groups is 2. The van der Waals surface area contributed by atoms with Crippen molar-refractivity contribution >= 4 is 22.8 Å². The van der Waals surface area contributed by atoms with Gasteiger partial charge in [0.05, 0.1) is 11.0 Å². The van der Waals surface area contributed by atoms with Gasteiger partial charge in [0, 0.05) is 29.7 Å². The lowest BCUT2D eigenvalue weighted by atomic mass is 9.72. The van der Waals surface area contributed by atoms with E-state index >= 15 is 0 Å². The number of carboxylic acids is 1. The topological polar surface area (TPSA) is 73.4 Å². The molecule has 0 aliphatic carbocycles. The Morgan fingerprint density at radius 3 is 2.30 bits per heavy atom. The first kappa shape index (κ1) is 17.3. The summed E-state index contributed by atoms with van der Waals surface area (Å²) in [6.45, 7) is 2.76. The maximum Gasteiger partial charge on any atom is 0.314 e. The highest BCUT2D eigenvalue weighted by atomic mass is 16.4. The molecule has 1 fully saturated rings. The zero-order valence-corrected chi connectivity index (χ0v) is 15.2. The minimum Gasteiger partial charge on any atom is -0.481 e. The quantitative estimate of drug-likeness (QED) is 0.745. The number of aromatic nitrogens is 1. The number of nitrogens with zero attached hydrogens (tertiary/aromatic N) is 1. The summed E-state index contributed by atoms with van der Waals surface area (Å²) in [6.07, 6.45) is 0.832. The summed E-state index contributed by atoms with van der Waals surface area (Å²) in [5, 5.41) is 10.8. The van der Waals surface area contributed by atoms with Crippen LogP contribution in [0.4, 0.5) is 0 Å². The van der Waals surface area contributed by atoms with E-state index in [4.69, 9.17) is 0 Å². The predicted octanol–water partition coefficient (Wildman–Crippen LogP) is 3.73. The molecule has 0 saturated carbocycles. The zero-order chi connectivity index (χ0) is 19.0. The number of amides is 1. The van der Waals surface area contributed by atoms with Crippen LogP contribution in [0.1, 0.15) is 34.5 Å². The highest BCUT2D eigenvalue weighted by Gasteiger charge is 2.44. The van der Waals surface area contributed by atoms with Gasteiger partial charge in [-0.2, -0.15) is 0 Å². The Hall–Kier alpha value is -3.08. The van der Waals surface area contributed by atoms with E-state index in [9.17, 15) is 14.7 Å². The molecule has 138 valence electrons. The summed E-state index contributed by atoms with van der Waals surface area (Å²) >= 11 is 0. The van der Waals surface area contributed by atoms with Crippen LogP contribution in [-0.4, -0.2) is 40.0 Å². The molecule has 4 rings (SSSR count). The molecule has 2 aromatic carbocycles. The lowest BCUT2D eigenvalue weighted by Crippen LogP contribution is -2.49. The summed E-state index contributed by atoms with van der Waals surface area (Å²) in [4.78, 5) is 30.3. The van der Waals surface area contributed by atoms with Crippen LogP contribution in [0.3, 0.4) is 0 Å². The number of rotatable bonds is 3. The molecule has 0 radical (unpaired) electrons. The van der Waals surface area contributed by atoms with Crippen LogP contribution in [0.25, 0.3) is 10.9 Å². The number of likely N-dealkylation sites (tertiary alicyclic amines) is 1. The largest absolute Gasteiger partial charge is 0.481 e. The molecule has 5 nitrogen and oxygen atoms in total. The normalized spacial score (nSPS) is 16.4. The summed E-state index contributed by atoms with van der Waals surface area (Å²) in [5.41, 5.74) is 2.37. The fourth-order valence-electron chi connectivity index (χ4n) is 4.19. The van der Waals surface area contributed by atoms with Crippen molar-refractivity contribution in [2.24, 2.45) is 0 Å². The van der Waals surface area contributed by atoms with Crippen LogP contribution in [0.2, 0.25) is 0 Å². The third-order valence-electron chi connectivity index (χ3n) is 5.75. The number of benzene rings is 2. The zero-order valence-electron chi connectivity index (χ0n) is 15.2. The van der Waals surface area contributed by atoms with Gasteiger partial charge in [-0.1, -0.05) is 48.5 Å². The summed E-state index contributed by atoms with van der Waals surface area (Å²) < 4.78 is 0. The molecule has 3 aromatic rings. The van der Waals surface area contributed by atoms with Crippen LogP contribution in [0.5, 0.6) is 0 Å². The van der Waals surface area contributed by atoms with Crippen molar-refractivity contribution in [2.45, 2.75) is 25.2 Å². The van der Waals surface area contributed by atoms with Crippen LogP contribution in [-0.2, 0) is 10.2 Å². The van der Waals surface area contributed by atoms with Crippen LogP contribution < -0.4 is 0 Å². The number of carboxylic acid groups (broad SMARTS) is 1. The molecule has 1 amide bonds. The van der Waals surface area contributed by atoms with E-state index in [1.54, 1.807) is 4.90 Å². The van der Waals surface area contributed by atoms with Gasteiger partial charge in [0.25, 0.3) is 5.91 Å². The average molecular weight is 362 g/mol. The van der Waals surface area contributed by atoms with Crippen molar-refractivity contribution in [1.29, 1.82) is 0 Å². The van der Waals surface area contributed by atoms with E-state index in [-0.39, 0.29) is 5.91 Å². The number of aliphatic carboxylic acids is 1. The number of para-hydroxylation sites is 1. The maximum atomic E-state index is 13.2. The molecule has 1 aromatic heterocycles. The fourth-order valence-corrected chi connectivity index (χ4v) is 4.19. The monoisotopic (exact) mass is 362 g/mol.